The summed E-state index contributed by atoms with van der Waals surface area (Å²) in [6.07, 6.45) is 0. The summed E-state index contributed by atoms with van der Waals surface area (Å²) in [7, 11) is 0. The molecule has 1 aliphatic rings. The molecule has 0 amide bonds. The molecule has 8 heavy (non-hydrogen) atoms. The van der Waals surface area contributed by atoms with Crippen LogP contribution in [0.1, 0.15) is 0 Å². The van der Waals surface area contributed by atoms with Crippen molar-refractivity contribution in [2.45, 2.75) is 0 Å². The lowest BCUT2D eigenvalue weighted by Crippen LogP contribution is -2.25. The van der Waals surface area contributed by atoms with Gasteiger partial charge in [-0.2, -0.15) is 0 Å². The van der Waals surface area contributed by atoms with Gasteiger partial charge in [0, 0.05) is 5.53 Å². The zero-order valence-electron chi connectivity index (χ0n) is 3.87. The van der Waals surface area contributed by atoms with Crippen LogP contribution in [0.15, 0.2) is 5.22 Å². The van der Waals surface area contributed by atoms with Crippen LogP contribution < -0.4 is 11.0 Å². The van der Waals surface area contributed by atoms with Crippen LogP contribution in [0.25, 0.3) is 0 Å². The van der Waals surface area contributed by atoms with Crippen molar-refractivity contribution < 1.29 is 9.84 Å². The molecule has 7 heteroatoms. The standard InChI is InChI=1S/CH3N5O2/c7-6(8)5-1-2-3-4-5/h1H2,(H,2,4)/p+1. The molecule has 44 valence electrons. The van der Waals surface area contributed by atoms with Gasteiger partial charge >= 0.3 is 5.22 Å². The summed E-state index contributed by atoms with van der Waals surface area (Å²) in [6, 6.07) is 0. The highest BCUT2D eigenvalue weighted by atomic mass is 16.7. The molecule has 2 N–H and O–H groups in total. The number of rotatable bonds is 1. The van der Waals surface area contributed by atoms with E-state index in [0.29, 0.717) is 4.81 Å². The second kappa shape index (κ2) is 1.70. The van der Waals surface area contributed by atoms with Crippen molar-refractivity contribution in [1.82, 2.24) is 11.0 Å². The summed E-state index contributed by atoms with van der Waals surface area (Å²) >= 11 is 0. The third-order valence-electron chi connectivity index (χ3n) is 0.653. The Morgan fingerprint density at radius 2 is 2.62 bits per heavy atom. The molecule has 0 spiro atoms. The maximum absolute atomic E-state index is 9.76. The van der Waals surface area contributed by atoms with Crippen LogP contribution in [0.3, 0.4) is 0 Å². The lowest BCUT2D eigenvalue weighted by molar-refractivity contribution is -1.12. The molecule has 7 nitrogen and oxygen atoms in total. The highest BCUT2D eigenvalue weighted by molar-refractivity contribution is 4.13. The average Bonchev–Trinajstić information content (AvgIpc) is 2.12. The smallest absolute Gasteiger partial charge is 0.322 e. The Bertz CT molecular complexity index is 139. The second-order valence-corrected chi connectivity index (χ2v) is 1.16. The molecule has 1 rings (SSSR count). The quantitative estimate of drug-likeness (QED) is 0.252. The Labute approximate surface area is 44.1 Å². The summed E-state index contributed by atoms with van der Waals surface area (Å²) in [5, 5.41) is 12.3. The van der Waals surface area contributed by atoms with E-state index >= 15 is 0 Å². The molecule has 0 radical (unpaired) electrons. The molecular formula is CH4N5O2+. The van der Waals surface area contributed by atoms with Crippen LogP contribution in [-0.4, -0.2) is 16.5 Å². The van der Waals surface area contributed by atoms with Gasteiger partial charge in [0.25, 0.3) is 6.67 Å². The lowest BCUT2D eigenvalue weighted by Gasteiger charge is -1.80. The summed E-state index contributed by atoms with van der Waals surface area (Å²) in [6.45, 7) is 0.104. The molecule has 0 aromatic rings. The van der Waals surface area contributed by atoms with E-state index in [-0.39, 0.29) is 6.67 Å². The van der Waals surface area contributed by atoms with Gasteiger partial charge in [-0.25, -0.2) is 0 Å². The molecule has 0 aromatic heterocycles. The lowest BCUT2D eigenvalue weighted by atomic mass is 11.2. The number of hydrogen-bond acceptors (Lipinski definition) is 5. The fourth-order valence-corrected chi connectivity index (χ4v) is 0.329. The molecule has 0 atom stereocenters. The number of hydrazine groups is 2. The summed E-state index contributed by atoms with van der Waals surface area (Å²) in [5.74, 6) is 0. The molecule has 1 aliphatic heterocycles. The van der Waals surface area contributed by atoms with Crippen LogP contribution >= 0.6 is 0 Å². The number of nitrogens with zero attached hydrogens (tertiary/aromatic N) is 3. The molecule has 0 fully saturated rings. The molecule has 0 saturated carbocycles. The molecule has 1 heterocycles. The molecule has 0 aliphatic carbocycles. The fourth-order valence-electron chi connectivity index (χ4n) is 0.329. The first-order valence-electron chi connectivity index (χ1n) is 1.91. The summed E-state index contributed by atoms with van der Waals surface area (Å²) < 4.78 is 0. The molecular weight excluding hydrogens is 114 g/mol. The maximum atomic E-state index is 9.76. The van der Waals surface area contributed by atoms with Crippen molar-refractivity contribution in [2.24, 2.45) is 5.22 Å². The van der Waals surface area contributed by atoms with Gasteiger partial charge in [0.1, 0.15) is 5.03 Å². The Balaban J connectivity index is 2.57. The highest BCUT2D eigenvalue weighted by Crippen LogP contribution is 1.78. The first-order valence-corrected chi connectivity index (χ1v) is 1.91. The van der Waals surface area contributed by atoms with Crippen LogP contribution in [0.5, 0.6) is 0 Å². The predicted octanol–water partition coefficient (Wildman–Crippen LogP) is -1.38. The van der Waals surface area contributed by atoms with Crippen molar-refractivity contribution in [2.75, 3.05) is 6.67 Å². The molecule has 0 unspecified atom stereocenters. The third-order valence-corrected chi connectivity index (χ3v) is 0.653. The summed E-state index contributed by atoms with van der Waals surface area (Å²) in [5.41, 5.74) is 4.63. The maximum Gasteiger partial charge on any atom is 0.349 e. The monoisotopic (exact) mass is 118 g/mol. The van der Waals surface area contributed by atoms with Gasteiger partial charge in [-0.15, -0.1) is 0 Å². The van der Waals surface area contributed by atoms with Crippen LogP contribution in [-0.2, 0) is 0 Å². The van der Waals surface area contributed by atoms with Crippen LogP contribution in [0, 0.1) is 10.1 Å². The van der Waals surface area contributed by atoms with E-state index in [9.17, 15) is 10.1 Å². The van der Waals surface area contributed by atoms with E-state index in [1.165, 1.54) is 0 Å². The van der Waals surface area contributed by atoms with E-state index in [1.54, 1.807) is 0 Å². The van der Waals surface area contributed by atoms with Gasteiger partial charge in [0.05, 0.1) is 0 Å². The summed E-state index contributed by atoms with van der Waals surface area (Å²) in [4.78, 5) is 10.4. The Hall–Kier alpha value is -1.24. The van der Waals surface area contributed by atoms with Gasteiger partial charge in [-0.1, -0.05) is 5.43 Å². The molecule has 0 bridgehead atoms. The average molecular weight is 118 g/mol. The zero-order valence-corrected chi connectivity index (χ0v) is 3.87. The SMILES string of the molecule is O=[N+]([O-])[N+]1=NNNC1. The first kappa shape index (κ1) is 4.91. The van der Waals surface area contributed by atoms with E-state index in [1.807, 2.05) is 0 Å². The van der Waals surface area contributed by atoms with Crippen molar-refractivity contribution in [3.05, 3.63) is 10.1 Å². The predicted molar refractivity (Wildman–Crippen MR) is 20.8 cm³/mol. The second-order valence-electron chi connectivity index (χ2n) is 1.16. The highest BCUT2D eigenvalue weighted by Gasteiger charge is 2.21. The van der Waals surface area contributed by atoms with E-state index < -0.39 is 5.03 Å². The first-order chi connectivity index (χ1) is 3.80. The van der Waals surface area contributed by atoms with Crippen LogP contribution in [0.2, 0.25) is 0 Å². The minimum atomic E-state index is -0.618. The van der Waals surface area contributed by atoms with Crippen molar-refractivity contribution in [3.8, 4) is 0 Å². The van der Waals surface area contributed by atoms with Gasteiger partial charge in [0.2, 0.25) is 0 Å². The van der Waals surface area contributed by atoms with E-state index in [2.05, 4.69) is 16.2 Å². The van der Waals surface area contributed by atoms with Gasteiger partial charge in [0.15, 0.2) is 4.81 Å². The molecule has 0 aromatic carbocycles. The van der Waals surface area contributed by atoms with Crippen LogP contribution in [0.4, 0.5) is 0 Å². The zero-order chi connectivity index (χ0) is 5.98. The van der Waals surface area contributed by atoms with Crippen molar-refractivity contribution in [1.29, 1.82) is 0 Å². The van der Waals surface area contributed by atoms with Crippen molar-refractivity contribution >= 4 is 0 Å². The largest absolute Gasteiger partial charge is 0.349 e. The van der Waals surface area contributed by atoms with Gasteiger partial charge < -0.3 is 10.1 Å². The van der Waals surface area contributed by atoms with E-state index in [4.69, 9.17) is 0 Å². The fraction of sp³-hybridized carbons (Fsp3) is 1.00. The number of nitro groups is 1. The topological polar surface area (TPSA) is 82.6 Å². The van der Waals surface area contributed by atoms with E-state index in [0.717, 1.165) is 0 Å². The third kappa shape index (κ3) is 0.706. The molecule has 0 saturated heterocycles. The van der Waals surface area contributed by atoms with Crippen molar-refractivity contribution in [3.63, 3.8) is 0 Å². The normalized spacial score (nSPS) is 17.2. The minimum absolute atomic E-state index is 0.104. The Morgan fingerprint density at radius 3 is 2.88 bits per heavy atom. The number of nitrogens with one attached hydrogen (secondary N) is 2. The Morgan fingerprint density at radius 1 is 1.88 bits per heavy atom. The minimum Gasteiger partial charge on any atom is -0.322 e. The van der Waals surface area contributed by atoms with Gasteiger partial charge in [-0.3, -0.25) is 0 Å². The Kier molecular flexibility index (Phi) is 1.04. The van der Waals surface area contributed by atoms with Gasteiger partial charge in [-0.05, 0) is 0 Å². The number of hydrogen-bond donors (Lipinski definition) is 2.